The lowest BCUT2D eigenvalue weighted by molar-refractivity contribution is 0.325. The van der Waals surface area contributed by atoms with Crippen molar-refractivity contribution in [2.45, 2.75) is 46.1 Å². The predicted octanol–water partition coefficient (Wildman–Crippen LogP) is 4.95. The van der Waals surface area contributed by atoms with E-state index in [9.17, 15) is 4.79 Å². The van der Waals surface area contributed by atoms with E-state index in [-0.39, 0.29) is 11.6 Å². The second-order valence-electron chi connectivity index (χ2n) is 5.66. The number of aromatic nitrogens is 1. The lowest BCUT2D eigenvalue weighted by Crippen LogP contribution is -2.27. The molecule has 21 heavy (non-hydrogen) atoms. The molecule has 0 bridgehead atoms. The molecule has 1 aromatic carbocycles. The summed E-state index contributed by atoms with van der Waals surface area (Å²) in [5, 5.41) is 1.13. The van der Waals surface area contributed by atoms with Crippen LogP contribution in [0.15, 0.2) is 53.3 Å². The minimum absolute atomic E-state index is 0.102. The Morgan fingerprint density at radius 2 is 1.95 bits per heavy atom. The highest BCUT2D eigenvalue weighted by atomic mass is 16.1. The quantitative estimate of drug-likeness (QED) is 0.688. The second kappa shape index (κ2) is 7.26. The first-order valence-corrected chi connectivity index (χ1v) is 7.90. The number of rotatable bonds is 6. The smallest absolute Gasteiger partial charge is 0.251 e. The maximum atomic E-state index is 12.4. The lowest BCUT2D eigenvalue weighted by Gasteiger charge is -2.26. The highest BCUT2D eigenvalue weighted by Gasteiger charge is 2.19. The van der Waals surface area contributed by atoms with Gasteiger partial charge >= 0.3 is 0 Å². The van der Waals surface area contributed by atoms with E-state index in [2.05, 4.69) is 39.0 Å². The van der Waals surface area contributed by atoms with Gasteiger partial charge in [0.05, 0.1) is 5.52 Å². The van der Waals surface area contributed by atoms with Crippen LogP contribution in [-0.4, -0.2) is 4.57 Å². The number of nitrogens with zero attached hydrogens (tertiary/aromatic N) is 1. The van der Waals surface area contributed by atoms with Crippen LogP contribution in [0.2, 0.25) is 0 Å². The van der Waals surface area contributed by atoms with Crippen LogP contribution in [0.5, 0.6) is 0 Å². The molecule has 1 heterocycles. The van der Waals surface area contributed by atoms with Crippen LogP contribution in [0.3, 0.4) is 0 Å². The molecular formula is C19H25NO. The molecule has 0 amide bonds. The van der Waals surface area contributed by atoms with Gasteiger partial charge in [-0.2, -0.15) is 0 Å². The third-order valence-corrected chi connectivity index (χ3v) is 4.39. The SMILES string of the molecule is C/C=C/CCC(CC)C(C)n1c(=O)ccc2ccccc21. The van der Waals surface area contributed by atoms with Crippen LogP contribution in [0.4, 0.5) is 0 Å². The zero-order chi connectivity index (χ0) is 15.2. The van der Waals surface area contributed by atoms with Crippen molar-refractivity contribution in [2.24, 2.45) is 5.92 Å². The van der Waals surface area contributed by atoms with Gasteiger partial charge in [-0.3, -0.25) is 4.79 Å². The molecule has 1 aromatic heterocycles. The molecule has 0 saturated carbocycles. The van der Waals surface area contributed by atoms with Gasteiger partial charge in [0.15, 0.2) is 0 Å². The first kappa shape index (κ1) is 15.6. The molecule has 2 aromatic rings. The lowest BCUT2D eigenvalue weighted by atomic mass is 9.92. The van der Waals surface area contributed by atoms with Crippen LogP contribution < -0.4 is 5.56 Å². The molecule has 2 nitrogen and oxygen atoms in total. The number of hydrogen-bond acceptors (Lipinski definition) is 1. The van der Waals surface area contributed by atoms with Crippen molar-refractivity contribution in [1.29, 1.82) is 0 Å². The summed E-state index contributed by atoms with van der Waals surface area (Å²) in [7, 11) is 0. The Morgan fingerprint density at radius 1 is 1.19 bits per heavy atom. The van der Waals surface area contributed by atoms with Gasteiger partial charge in [-0.05, 0) is 50.1 Å². The van der Waals surface area contributed by atoms with E-state index in [4.69, 9.17) is 0 Å². The van der Waals surface area contributed by atoms with Gasteiger partial charge in [-0.25, -0.2) is 0 Å². The van der Waals surface area contributed by atoms with Crippen molar-refractivity contribution < 1.29 is 0 Å². The van der Waals surface area contributed by atoms with E-state index in [0.717, 1.165) is 30.2 Å². The number of para-hydroxylation sites is 1. The molecule has 2 rings (SSSR count). The Bertz CT molecular complexity index is 669. The van der Waals surface area contributed by atoms with Crippen LogP contribution >= 0.6 is 0 Å². The van der Waals surface area contributed by atoms with Crippen molar-refractivity contribution in [3.05, 3.63) is 58.9 Å². The number of pyridine rings is 1. The summed E-state index contributed by atoms with van der Waals surface area (Å²) in [6.45, 7) is 6.45. The fourth-order valence-corrected chi connectivity index (χ4v) is 3.10. The van der Waals surface area contributed by atoms with Crippen LogP contribution in [0.25, 0.3) is 10.9 Å². The summed E-state index contributed by atoms with van der Waals surface area (Å²) in [5.41, 5.74) is 1.15. The first-order chi connectivity index (χ1) is 10.2. The maximum absolute atomic E-state index is 12.4. The molecule has 0 aliphatic rings. The minimum atomic E-state index is 0.102. The molecule has 0 saturated heterocycles. The number of benzene rings is 1. The normalized spacial score (nSPS) is 14.6. The number of hydrogen-bond donors (Lipinski definition) is 0. The average molecular weight is 283 g/mol. The van der Waals surface area contributed by atoms with Gasteiger partial charge in [0.2, 0.25) is 0 Å². The Kier molecular flexibility index (Phi) is 5.38. The third kappa shape index (κ3) is 3.44. The Balaban J connectivity index is 2.39. The average Bonchev–Trinajstić information content (AvgIpc) is 2.51. The zero-order valence-corrected chi connectivity index (χ0v) is 13.3. The third-order valence-electron chi connectivity index (χ3n) is 4.39. The minimum Gasteiger partial charge on any atom is -0.305 e. The van der Waals surface area contributed by atoms with E-state index >= 15 is 0 Å². The largest absolute Gasteiger partial charge is 0.305 e. The summed E-state index contributed by atoms with van der Waals surface area (Å²) in [6, 6.07) is 12.0. The molecule has 0 fully saturated rings. The van der Waals surface area contributed by atoms with Gasteiger partial charge in [0.1, 0.15) is 0 Å². The highest BCUT2D eigenvalue weighted by molar-refractivity contribution is 5.78. The molecule has 112 valence electrons. The molecule has 2 heteroatoms. The summed E-state index contributed by atoms with van der Waals surface area (Å²) in [5.74, 6) is 0.518. The monoisotopic (exact) mass is 283 g/mol. The van der Waals surface area contributed by atoms with E-state index in [1.165, 1.54) is 0 Å². The number of allylic oxidation sites excluding steroid dienone is 2. The first-order valence-electron chi connectivity index (χ1n) is 7.90. The standard InChI is InChI=1S/C19H25NO/c1-4-6-7-10-16(5-2)15(3)20-18-12-9-8-11-17(18)13-14-19(20)21/h4,6,8-9,11-16H,5,7,10H2,1-3H3/b6-4+. The summed E-state index contributed by atoms with van der Waals surface area (Å²) < 4.78 is 1.97. The van der Waals surface area contributed by atoms with Crippen LogP contribution in [0, 0.1) is 5.92 Å². The fraction of sp³-hybridized carbons (Fsp3) is 0.421. The Hall–Kier alpha value is -1.83. The van der Waals surface area contributed by atoms with Crippen LogP contribution in [0.1, 0.15) is 46.1 Å². The van der Waals surface area contributed by atoms with E-state index in [1.807, 2.05) is 28.8 Å². The van der Waals surface area contributed by atoms with Gasteiger partial charge in [0.25, 0.3) is 5.56 Å². The molecular weight excluding hydrogens is 258 g/mol. The fourth-order valence-electron chi connectivity index (χ4n) is 3.10. The highest BCUT2D eigenvalue weighted by Crippen LogP contribution is 2.27. The van der Waals surface area contributed by atoms with E-state index in [0.29, 0.717) is 5.92 Å². The predicted molar refractivity (Wildman–Crippen MR) is 90.7 cm³/mol. The number of fused-ring (bicyclic) bond motifs is 1. The van der Waals surface area contributed by atoms with Gasteiger partial charge < -0.3 is 4.57 Å². The van der Waals surface area contributed by atoms with Gasteiger partial charge in [-0.1, -0.05) is 43.7 Å². The molecule has 0 radical (unpaired) electrons. The second-order valence-corrected chi connectivity index (χ2v) is 5.66. The molecule has 0 spiro atoms. The summed E-state index contributed by atoms with van der Waals surface area (Å²) in [4.78, 5) is 12.4. The summed E-state index contributed by atoms with van der Waals surface area (Å²) in [6.07, 6.45) is 7.60. The maximum Gasteiger partial charge on any atom is 0.251 e. The van der Waals surface area contributed by atoms with Crippen molar-refractivity contribution in [1.82, 2.24) is 4.57 Å². The topological polar surface area (TPSA) is 22.0 Å². The Morgan fingerprint density at radius 3 is 2.67 bits per heavy atom. The molecule has 0 aliphatic carbocycles. The zero-order valence-electron chi connectivity index (χ0n) is 13.3. The molecule has 2 atom stereocenters. The molecule has 0 N–H and O–H groups in total. The van der Waals surface area contributed by atoms with Crippen molar-refractivity contribution in [3.8, 4) is 0 Å². The molecule has 2 unspecified atom stereocenters. The van der Waals surface area contributed by atoms with Crippen molar-refractivity contribution >= 4 is 10.9 Å². The molecule has 0 aliphatic heterocycles. The van der Waals surface area contributed by atoms with E-state index < -0.39 is 0 Å². The van der Waals surface area contributed by atoms with E-state index in [1.54, 1.807) is 6.07 Å². The van der Waals surface area contributed by atoms with Crippen LogP contribution in [-0.2, 0) is 0 Å². The Labute approximate surface area is 127 Å². The van der Waals surface area contributed by atoms with Crippen molar-refractivity contribution in [2.75, 3.05) is 0 Å². The van der Waals surface area contributed by atoms with Gasteiger partial charge in [0, 0.05) is 12.1 Å². The summed E-state index contributed by atoms with van der Waals surface area (Å²) >= 11 is 0. The van der Waals surface area contributed by atoms with Gasteiger partial charge in [-0.15, -0.1) is 0 Å². The van der Waals surface area contributed by atoms with Crippen molar-refractivity contribution in [3.63, 3.8) is 0 Å².